The van der Waals surface area contributed by atoms with Gasteiger partial charge in [-0.15, -0.1) is 0 Å². The summed E-state index contributed by atoms with van der Waals surface area (Å²) in [5.74, 6) is 0.935. The summed E-state index contributed by atoms with van der Waals surface area (Å²) in [4.78, 5) is 21.0. The Morgan fingerprint density at radius 2 is 1.88 bits per heavy atom. The number of benzene rings is 1. The third kappa shape index (κ3) is 5.12. The quantitative estimate of drug-likeness (QED) is 0.818. The Morgan fingerprint density at radius 1 is 1.19 bits per heavy atom. The van der Waals surface area contributed by atoms with Crippen molar-refractivity contribution in [2.45, 2.75) is 38.8 Å². The standard InChI is InChI=1S/C19H27N5O2/c1-19(2,26)8-7-15-3-5-16(6-4-15)18(25)24-11-9-23(10-12-24)13-17-20-14-21-22-17/h3-6,14,26H,7-13H2,1-2H3,(H,20,21,22). The number of piperazine rings is 1. The van der Waals surface area contributed by atoms with E-state index in [-0.39, 0.29) is 5.91 Å². The number of nitrogens with zero attached hydrogens (tertiary/aromatic N) is 4. The second-order valence-electron chi connectivity index (χ2n) is 7.51. The fourth-order valence-corrected chi connectivity index (χ4v) is 3.07. The number of hydrogen-bond donors (Lipinski definition) is 2. The van der Waals surface area contributed by atoms with E-state index in [1.54, 1.807) is 0 Å². The topological polar surface area (TPSA) is 85.3 Å². The van der Waals surface area contributed by atoms with E-state index in [9.17, 15) is 9.90 Å². The lowest BCUT2D eigenvalue weighted by atomic mass is 9.98. The Labute approximate surface area is 154 Å². The highest BCUT2D eigenvalue weighted by Gasteiger charge is 2.22. The normalized spacial score (nSPS) is 16.0. The predicted molar refractivity (Wildman–Crippen MR) is 98.6 cm³/mol. The van der Waals surface area contributed by atoms with E-state index >= 15 is 0 Å². The van der Waals surface area contributed by atoms with E-state index in [2.05, 4.69) is 20.1 Å². The number of hydrogen-bond acceptors (Lipinski definition) is 5. The van der Waals surface area contributed by atoms with Gasteiger partial charge in [-0.1, -0.05) is 12.1 Å². The Kier molecular flexibility index (Phi) is 5.68. The van der Waals surface area contributed by atoms with Crippen molar-refractivity contribution >= 4 is 5.91 Å². The number of carbonyl (C=O) groups excluding carboxylic acids is 1. The summed E-state index contributed by atoms with van der Waals surface area (Å²) in [6.07, 6.45) is 3.02. The average Bonchev–Trinajstić information content (AvgIpc) is 3.13. The minimum absolute atomic E-state index is 0.0818. The van der Waals surface area contributed by atoms with Crippen molar-refractivity contribution in [2.75, 3.05) is 26.2 Å². The van der Waals surface area contributed by atoms with Gasteiger partial charge in [0.25, 0.3) is 5.91 Å². The molecule has 26 heavy (non-hydrogen) atoms. The van der Waals surface area contributed by atoms with Gasteiger partial charge >= 0.3 is 0 Å². The number of carbonyl (C=O) groups is 1. The highest BCUT2D eigenvalue weighted by Crippen LogP contribution is 2.15. The molecule has 1 amide bonds. The molecule has 7 heteroatoms. The van der Waals surface area contributed by atoms with Crippen LogP contribution in [-0.4, -0.2) is 67.8 Å². The number of aliphatic hydroxyl groups is 1. The maximum Gasteiger partial charge on any atom is 0.253 e. The minimum atomic E-state index is -0.667. The summed E-state index contributed by atoms with van der Waals surface area (Å²) in [5, 5.41) is 16.6. The summed E-state index contributed by atoms with van der Waals surface area (Å²) in [5.41, 5.74) is 1.20. The van der Waals surface area contributed by atoms with E-state index in [4.69, 9.17) is 0 Å². The third-order valence-electron chi connectivity index (χ3n) is 4.72. The van der Waals surface area contributed by atoms with Crippen LogP contribution in [0.3, 0.4) is 0 Å². The van der Waals surface area contributed by atoms with Gasteiger partial charge in [-0.3, -0.25) is 14.8 Å². The van der Waals surface area contributed by atoms with Crippen LogP contribution in [0.15, 0.2) is 30.6 Å². The summed E-state index contributed by atoms with van der Waals surface area (Å²) in [6.45, 7) is 7.45. The van der Waals surface area contributed by atoms with Crippen LogP contribution in [0.25, 0.3) is 0 Å². The number of amides is 1. The molecule has 0 atom stereocenters. The van der Waals surface area contributed by atoms with Crippen molar-refractivity contribution in [3.63, 3.8) is 0 Å². The van der Waals surface area contributed by atoms with Crippen molar-refractivity contribution in [2.24, 2.45) is 0 Å². The molecule has 0 radical (unpaired) electrons. The molecular formula is C19H27N5O2. The summed E-state index contributed by atoms with van der Waals surface area (Å²) in [6, 6.07) is 7.75. The molecule has 2 N–H and O–H groups in total. The van der Waals surface area contributed by atoms with Gasteiger partial charge in [0.05, 0.1) is 12.1 Å². The number of H-pyrrole nitrogens is 1. The van der Waals surface area contributed by atoms with Crippen molar-refractivity contribution in [3.8, 4) is 0 Å². The van der Waals surface area contributed by atoms with Crippen molar-refractivity contribution in [1.29, 1.82) is 0 Å². The second-order valence-corrected chi connectivity index (χ2v) is 7.51. The Bertz CT molecular complexity index is 699. The molecule has 1 fully saturated rings. The highest BCUT2D eigenvalue weighted by atomic mass is 16.3. The lowest BCUT2D eigenvalue weighted by Gasteiger charge is -2.34. The zero-order valence-electron chi connectivity index (χ0n) is 15.5. The number of rotatable bonds is 6. The highest BCUT2D eigenvalue weighted by molar-refractivity contribution is 5.94. The van der Waals surface area contributed by atoms with Gasteiger partial charge < -0.3 is 10.0 Å². The lowest BCUT2D eigenvalue weighted by Crippen LogP contribution is -2.48. The lowest BCUT2D eigenvalue weighted by molar-refractivity contribution is 0.0624. The van der Waals surface area contributed by atoms with Gasteiger partial charge in [0, 0.05) is 31.7 Å². The minimum Gasteiger partial charge on any atom is -0.390 e. The molecule has 1 aromatic carbocycles. The summed E-state index contributed by atoms with van der Waals surface area (Å²) in [7, 11) is 0. The summed E-state index contributed by atoms with van der Waals surface area (Å²) >= 11 is 0. The Hall–Kier alpha value is -2.25. The maximum absolute atomic E-state index is 12.7. The van der Waals surface area contributed by atoms with Crippen LogP contribution in [0.2, 0.25) is 0 Å². The van der Waals surface area contributed by atoms with Crippen LogP contribution in [0.1, 0.15) is 42.0 Å². The molecule has 0 bridgehead atoms. The molecule has 140 valence electrons. The van der Waals surface area contributed by atoms with Crippen molar-refractivity contribution in [1.82, 2.24) is 25.0 Å². The molecule has 0 saturated carbocycles. The van der Waals surface area contributed by atoms with Crippen molar-refractivity contribution < 1.29 is 9.90 Å². The Balaban J connectivity index is 1.50. The van der Waals surface area contributed by atoms with Crippen LogP contribution in [-0.2, 0) is 13.0 Å². The fraction of sp³-hybridized carbons (Fsp3) is 0.526. The fourth-order valence-electron chi connectivity index (χ4n) is 3.07. The molecule has 1 aliphatic rings. The monoisotopic (exact) mass is 357 g/mol. The van der Waals surface area contributed by atoms with E-state index in [1.807, 2.05) is 43.0 Å². The summed E-state index contributed by atoms with van der Waals surface area (Å²) < 4.78 is 0. The predicted octanol–water partition coefficient (Wildman–Crippen LogP) is 1.47. The van der Waals surface area contributed by atoms with Gasteiger partial charge in [-0.25, -0.2) is 4.98 Å². The molecule has 1 aromatic heterocycles. The third-order valence-corrected chi connectivity index (χ3v) is 4.72. The van der Waals surface area contributed by atoms with Crippen LogP contribution >= 0.6 is 0 Å². The van der Waals surface area contributed by atoms with E-state index in [1.165, 1.54) is 6.33 Å². The van der Waals surface area contributed by atoms with E-state index in [0.717, 1.165) is 43.0 Å². The van der Waals surface area contributed by atoms with Gasteiger partial charge in [0.15, 0.2) is 0 Å². The Morgan fingerprint density at radius 3 is 2.46 bits per heavy atom. The van der Waals surface area contributed by atoms with Gasteiger partial charge in [-0.2, -0.15) is 5.10 Å². The zero-order valence-corrected chi connectivity index (χ0v) is 15.5. The first-order chi connectivity index (χ1) is 12.4. The molecule has 0 spiro atoms. The van der Waals surface area contributed by atoms with Crippen LogP contribution in [0, 0.1) is 0 Å². The molecule has 2 heterocycles. The molecule has 1 saturated heterocycles. The molecule has 1 aliphatic heterocycles. The van der Waals surface area contributed by atoms with Gasteiger partial charge in [0.2, 0.25) is 0 Å². The number of aromatic amines is 1. The van der Waals surface area contributed by atoms with E-state index < -0.39 is 5.60 Å². The smallest absolute Gasteiger partial charge is 0.253 e. The van der Waals surface area contributed by atoms with Crippen LogP contribution < -0.4 is 0 Å². The van der Waals surface area contributed by atoms with Crippen LogP contribution in [0.4, 0.5) is 0 Å². The molecule has 0 unspecified atom stereocenters. The molecule has 2 aromatic rings. The zero-order chi connectivity index (χ0) is 18.6. The first-order valence-electron chi connectivity index (χ1n) is 9.08. The number of nitrogens with one attached hydrogen (secondary N) is 1. The SMILES string of the molecule is CC(C)(O)CCc1ccc(C(=O)N2CCN(Cc3ncn[nH]3)CC2)cc1. The molecule has 3 rings (SSSR count). The maximum atomic E-state index is 12.7. The number of aryl methyl sites for hydroxylation is 1. The average molecular weight is 357 g/mol. The van der Waals surface area contributed by atoms with Gasteiger partial charge in [-0.05, 0) is 44.4 Å². The van der Waals surface area contributed by atoms with Crippen molar-refractivity contribution in [3.05, 3.63) is 47.5 Å². The van der Waals surface area contributed by atoms with Gasteiger partial charge in [0.1, 0.15) is 12.2 Å². The van der Waals surface area contributed by atoms with E-state index in [0.29, 0.717) is 19.5 Å². The second kappa shape index (κ2) is 7.97. The first-order valence-corrected chi connectivity index (χ1v) is 9.08. The first kappa shape index (κ1) is 18.5. The van der Waals surface area contributed by atoms with Crippen LogP contribution in [0.5, 0.6) is 0 Å². The molecule has 7 nitrogen and oxygen atoms in total. The number of aromatic nitrogens is 3. The molecule has 0 aliphatic carbocycles. The largest absolute Gasteiger partial charge is 0.390 e. The molecular weight excluding hydrogens is 330 g/mol.